The monoisotopic (exact) mass is 1160 g/mol. The number of carbonyl (C=O) groups excluding carboxylic acids is 1. The van der Waals surface area contributed by atoms with Crippen molar-refractivity contribution in [2.75, 3.05) is 19.8 Å². The van der Waals surface area contributed by atoms with E-state index in [0.29, 0.717) is 13.2 Å². The van der Waals surface area contributed by atoms with Gasteiger partial charge in [0, 0.05) is 33.7 Å². The first-order valence-corrected chi connectivity index (χ1v) is 38.1. The third-order valence-corrected chi connectivity index (χ3v) is 25.5. The van der Waals surface area contributed by atoms with Gasteiger partial charge in [0.2, 0.25) is 0 Å². The van der Waals surface area contributed by atoms with Crippen molar-refractivity contribution in [2.24, 2.45) is 0 Å². The van der Waals surface area contributed by atoms with E-state index in [0.717, 1.165) is 25.5 Å². The van der Waals surface area contributed by atoms with Crippen molar-refractivity contribution in [1.82, 2.24) is 0 Å². The summed E-state index contributed by atoms with van der Waals surface area (Å²) in [6.07, 6.45) is 5.02. The number of rotatable bonds is 19. The Morgan fingerprint density at radius 1 is 0.478 bits per heavy atom. The number of hydrogen-bond acceptors (Lipinski definition) is 4. The average Bonchev–Trinajstić information content (AvgIpc) is 3.35. The molecule has 0 atom stereocenters. The van der Waals surface area contributed by atoms with Crippen LogP contribution in [0.4, 0.5) is 0 Å². The van der Waals surface area contributed by atoms with Crippen molar-refractivity contribution in [1.29, 1.82) is 0 Å². The first kappa shape index (κ1) is 59.1. The van der Waals surface area contributed by atoms with Crippen LogP contribution in [0.3, 0.4) is 0 Å². The van der Waals surface area contributed by atoms with Gasteiger partial charge in [0.1, 0.15) is 16.1 Å². The van der Waals surface area contributed by atoms with E-state index in [9.17, 15) is 4.79 Å². The second-order valence-electron chi connectivity index (χ2n) is 18.9. The van der Waals surface area contributed by atoms with Crippen LogP contribution in [0, 0.1) is 0 Å². The first-order valence-electron chi connectivity index (χ1n) is 23.5. The molecule has 0 aromatic heterocycles. The van der Waals surface area contributed by atoms with Crippen LogP contribution in [0.5, 0.6) is 0 Å². The molecule has 6 rings (SSSR count). The smallest absolute Gasteiger partial charge is 0.330 e. The zero-order valence-corrected chi connectivity index (χ0v) is 49.3. The minimum atomic E-state index is -1.80. The summed E-state index contributed by atoms with van der Waals surface area (Å²) in [5, 5.41) is 8.90. The third-order valence-electron chi connectivity index (χ3n) is 11.5. The molecule has 0 N–H and O–H groups in total. The number of ether oxygens (including phenoxy) is 1. The SMILES string of the molecule is C=CC(=O)OCCC[Si](C)(c1ccccc1)c1ccccc1.C=CCO[Si](C)(C)C.C[SiH](c1ccccc1)c1ccccc1.C[Si](C)(C)OCCC[Si](C)(c1ccccc1)c1ccccc1.[Pt]. The summed E-state index contributed by atoms with van der Waals surface area (Å²) in [7, 11) is -7.03. The Labute approximate surface area is 426 Å². The normalized spacial score (nSPS) is 11.2. The van der Waals surface area contributed by atoms with E-state index in [1.807, 2.05) is 0 Å². The van der Waals surface area contributed by atoms with Crippen molar-refractivity contribution >= 4 is 78.7 Å². The van der Waals surface area contributed by atoms with Crippen LogP contribution in [0.1, 0.15) is 12.8 Å². The maximum absolute atomic E-state index is 11.1. The number of hydrogen-bond donors (Lipinski definition) is 0. The summed E-state index contributed by atoms with van der Waals surface area (Å²) in [4.78, 5) is 11.1. The maximum atomic E-state index is 11.1. The van der Waals surface area contributed by atoms with E-state index >= 15 is 0 Å². The molecule has 0 radical (unpaired) electrons. The zero-order chi connectivity index (χ0) is 48.3. The molecule has 0 spiro atoms. The fourth-order valence-electron chi connectivity index (χ4n) is 7.58. The van der Waals surface area contributed by atoms with Gasteiger partial charge in [-0.05, 0) is 64.2 Å². The second kappa shape index (κ2) is 31.2. The van der Waals surface area contributed by atoms with Gasteiger partial charge in [0.05, 0.1) is 22.0 Å². The summed E-state index contributed by atoms with van der Waals surface area (Å²) < 4.78 is 16.6. The molecule has 0 fully saturated rings. The predicted molar refractivity (Wildman–Crippen MR) is 302 cm³/mol. The number of carbonyl (C=O) groups is 1. The van der Waals surface area contributed by atoms with Crippen LogP contribution >= 0.6 is 0 Å². The molecule has 0 saturated heterocycles. The van der Waals surface area contributed by atoms with Crippen LogP contribution in [-0.2, 0) is 39.4 Å². The quantitative estimate of drug-likeness (QED) is 0.0267. The molecule has 360 valence electrons. The fourth-order valence-corrected chi connectivity index (χ4v) is 18.2. The molecule has 6 aromatic carbocycles. The zero-order valence-electron chi connectivity index (χ0n) is 41.9. The van der Waals surface area contributed by atoms with Crippen LogP contribution in [0.2, 0.25) is 71.0 Å². The van der Waals surface area contributed by atoms with Crippen molar-refractivity contribution in [2.45, 2.75) is 83.9 Å². The number of esters is 1. The summed E-state index contributed by atoms with van der Waals surface area (Å²) in [5.74, 6) is -0.345. The van der Waals surface area contributed by atoms with E-state index < -0.39 is 41.6 Å². The molecule has 0 unspecified atom stereocenters. The standard InChI is InChI=1S/C19H22O2Si.C19H28OSi2.C13H14Si.C6H14OSi.Pt/c1-3-19(20)21-15-10-16-22(2,17-11-6-4-7-12-17)18-13-8-5-9-14-18;1-21(2,3)20-16-11-17-22(4,18-12-7-5-8-13-18)19-14-9-6-10-15-19;1-14(12-8-4-2-5-9-12)13-10-6-3-7-11-13;1-5-6-7-8(2,3)4;/h3-9,11-14H,1,10,15-16H2,2H3;5-10,12-15H,11,16-17H2,1-4H3;2-11,14H,1H3;5H,1,6H2,2-4H3;. The topological polar surface area (TPSA) is 44.8 Å². The average molecular weight is 1160 g/mol. The van der Waals surface area contributed by atoms with Gasteiger partial charge in [-0.25, -0.2) is 4.79 Å². The number of benzene rings is 6. The molecular formula is C57H78O4PtSi5. The Balaban J connectivity index is 0.000000323. The molecule has 0 aliphatic carbocycles. The van der Waals surface area contributed by atoms with E-state index in [2.05, 4.69) is 254 Å². The Morgan fingerprint density at radius 3 is 1.04 bits per heavy atom. The van der Waals surface area contributed by atoms with E-state index in [-0.39, 0.29) is 27.0 Å². The van der Waals surface area contributed by atoms with E-state index in [1.54, 1.807) is 6.08 Å². The molecule has 0 heterocycles. The summed E-state index contributed by atoms with van der Waals surface area (Å²) in [6, 6.07) is 67.4. The largest absolute Gasteiger partial charge is 0.463 e. The van der Waals surface area contributed by atoms with Crippen LogP contribution < -0.4 is 31.1 Å². The third kappa shape index (κ3) is 22.3. The summed E-state index contributed by atoms with van der Waals surface area (Å²) in [6.45, 7) is 29.6. The van der Waals surface area contributed by atoms with Crippen molar-refractivity contribution in [3.8, 4) is 0 Å². The minimum Gasteiger partial charge on any atom is -0.463 e. The van der Waals surface area contributed by atoms with Gasteiger partial charge in [-0.2, -0.15) is 0 Å². The molecule has 10 heteroatoms. The molecular weight excluding hydrogens is 1080 g/mol. The molecule has 67 heavy (non-hydrogen) atoms. The van der Waals surface area contributed by atoms with Gasteiger partial charge in [-0.3, -0.25) is 0 Å². The second-order valence-corrected chi connectivity index (χ2v) is 39.4. The molecule has 0 saturated carbocycles. The Hall–Kier alpha value is -4.04. The van der Waals surface area contributed by atoms with Gasteiger partial charge in [0.15, 0.2) is 16.6 Å². The Morgan fingerprint density at radius 2 is 0.776 bits per heavy atom. The first-order chi connectivity index (χ1) is 31.5. The van der Waals surface area contributed by atoms with Crippen molar-refractivity contribution in [3.05, 3.63) is 207 Å². The van der Waals surface area contributed by atoms with Gasteiger partial charge in [0.25, 0.3) is 0 Å². The summed E-state index contributed by atoms with van der Waals surface area (Å²) >= 11 is 0. The van der Waals surface area contributed by atoms with E-state index in [4.69, 9.17) is 13.6 Å². The Bertz CT molecular complexity index is 2100. The minimum absolute atomic E-state index is 0. The molecule has 6 aromatic rings. The molecule has 0 amide bonds. The van der Waals surface area contributed by atoms with Gasteiger partial charge in [-0.15, -0.1) is 6.58 Å². The van der Waals surface area contributed by atoms with Gasteiger partial charge >= 0.3 is 5.97 Å². The van der Waals surface area contributed by atoms with E-state index in [1.165, 1.54) is 43.2 Å². The predicted octanol–water partition coefficient (Wildman–Crippen LogP) is 10.8. The molecule has 4 nitrogen and oxygen atoms in total. The van der Waals surface area contributed by atoms with Gasteiger partial charge in [-0.1, -0.05) is 245 Å². The Kier molecular flexibility index (Phi) is 27.5. The maximum Gasteiger partial charge on any atom is 0.330 e. The fraction of sp³-hybridized carbons (Fsp3) is 0.281. The van der Waals surface area contributed by atoms with Crippen molar-refractivity contribution in [3.63, 3.8) is 0 Å². The van der Waals surface area contributed by atoms with Crippen molar-refractivity contribution < 1.29 is 39.4 Å². The van der Waals surface area contributed by atoms with Crippen LogP contribution in [-0.4, -0.2) is 67.4 Å². The van der Waals surface area contributed by atoms with Crippen LogP contribution in [0.25, 0.3) is 0 Å². The summed E-state index contributed by atoms with van der Waals surface area (Å²) in [5.41, 5.74) is 0. The molecule has 0 aliphatic heterocycles. The van der Waals surface area contributed by atoms with Gasteiger partial charge < -0.3 is 13.6 Å². The molecule has 0 bridgehead atoms. The van der Waals surface area contributed by atoms with Crippen LogP contribution in [0.15, 0.2) is 207 Å². The molecule has 0 aliphatic rings.